The van der Waals surface area contributed by atoms with Crippen LogP contribution in [-0.4, -0.2) is 38.7 Å². The first-order valence-electron chi connectivity index (χ1n) is 4.54. The number of hydrogen-bond acceptors (Lipinski definition) is 5. The summed E-state index contributed by atoms with van der Waals surface area (Å²) in [5, 5.41) is 27.3. The lowest BCUT2D eigenvalue weighted by Crippen LogP contribution is -2.22. The number of aldehydes is 1. The smallest absolute Gasteiger partial charge is 0.306 e. The van der Waals surface area contributed by atoms with Gasteiger partial charge in [-0.3, -0.25) is 9.59 Å². The van der Waals surface area contributed by atoms with E-state index in [4.69, 9.17) is 5.11 Å². The standard InChI is InChI=1S/C10H11NO5/c12-5-6-2-1-3-7(11-6)10(16)8(13)4-9(14)15/h1-3,5,8,10,13,16H,4H2,(H,14,15). The molecule has 0 saturated heterocycles. The van der Waals surface area contributed by atoms with Crippen LogP contribution in [0.15, 0.2) is 18.2 Å². The number of carbonyl (C=O) groups excluding carboxylic acids is 1. The molecule has 2 atom stereocenters. The van der Waals surface area contributed by atoms with Gasteiger partial charge in [-0.2, -0.15) is 0 Å². The zero-order chi connectivity index (χ0) is 12.1. The molecule has 0 aliphatic carbocycles. The molecule has 0 fully saturated rings. The van der Waals surface area contributed by atoms with Crippen molar-refractivity contribution < 1.29 is 24.9 Å². The second kappa shape index (κ2) is 5.34. The molecule has 0 spiro atoms. The van der Waals surface area contributed by atoms with E-state index in [1.165, 1.54) is 18.2 Å². The molecule has 3 N–H and O–H groups in total. The summed E-state index contributed by atoms with van der Waals surface area (Å²) < 4.78 is 0. The molecule has 0 aromatic carbocycles. The first-order valence-corrected chi connectivity index (χ1v) is 4.54. The molecular weight excluding hydrogens is 214 g/mol. The Bertz CT molecular complexity index is 393. The fraction of sp³-hybridized carbons (Fsp3) is 0.300. The highest BCUT2D eigenvalue weighted by molar-refractivity contribution is 5.71. The third kappa shape index (κ3) is 3.11. The van der Waals surface area contributed by atoms with Gasteiger partial charge in [-0.15, -0.1) is 0 Å². The van der Waals surface area contributed by atoms with Crippen molar-refractivity contribution in [3.05, 3.63) is 29.6 Å². The number of pyridine rings is 1. The van der Waals surface area contributed by atoms with Crippen LogP contribution in [0.1, 0.15) is 28.7 Å². The van der Waals surface area contributed by atoms with E-state index in [0.717, 1.165) is 0 Å². The third-order valence-electron chi connectivity index (χ3n) is 1.96. The van der Waals surface area contributed by atoms with Gasteiger partial charge in [0, 0.05) is 0 Å². The fourth-order valence-corrected chi connectivity index (χ4v) is 1.19. The summed E-state index contributed by atoms with van der Waals surface area (Å²) in [6.07, 6.45) is -2.96. The van der Waals surface area contributed by atoms with Crippen LogP contribution >= 0.6 is 0 Å². The van der Waals surface area contributed by atoms with Crippen molar-refractivity contribution >= 4 is 12.3 Å². The minimum atomic E-state index is -1.45. The van der Waals surface area contributed by atoms with Gasteiger partial charge in [0.25, 0.3) is 0 Å². The van der Waals surface area contributed by atoms with Crippen molar-refractivity contribution in [2.24, 2.45) is 0 Å². The van der Waals surface area contributed by atoms with Crippen LogP contribution in [0.3, 0.4) is 0 Å². The number of aliphatic carboxylic acids is 1. The second-order valence-corrected chi connectivity index (χ2v) is 3.22. The molecule has 1 heterocycles. The van der Waals surface area contributed by atoms with Crippen LogP contribution in [0.4, 0.5) is 0 Å². The average molecular weight is 225 g/mol. The molecule has 86 valence electrons. The number of aliphatic hydroxyl groups is 2. The highest BCUT2D eigenvalue weighted by Crippen LogP contribution is 2.16. The topological polar surface area (TPSA) is 108 Å². The zero-order valence-corrected chi connectivity index (χ0v) is 8.28. The minimum Gasteiger partial charge on any atom is -0.481 e. The second-order valence-electron chi connectivity index (χ2n) is 3.22. The summed E-state index contributed by atoms with van der Waals surface area (Å²) in [5.41, 5.74) is 0.178. The largest absolute Gasteiger partial charge is 0.481 e. The molecule has 0 saturated carbocycles. The molecule has 1 rings (SSSR count). The van der Waals surface area contributed by atoms with E-state index in [-0.39, 0.29) is 11.4 Å². The van der Waals surface area contributed by atoms with Crippen molar-refractivity contribution in [2.45, 2.75) is 18.6 Å². The molecule has 16 heavy (non-hydrogen) atoms. The Morgan fingerprint density at radius 3 is 2.69 bits per heavy atom. The van der Waals surface area contributed by atoms with Gasteiger partial charge in [0.15, 0.2) is 6.29 Å². The monoisotopic (exact) mass is 225 g/mol. The summed E-state index contributed by atoms with van der Waals surface area (Å²) in [7, 11) is 0. The van der Waals surface area contributed by atoms with Crippen LogP contribution in [-0.2, 0) is 4.79 Å². The maximum atomic E-state index is 10.4. The highest BCUT2D eigenvalue weighted by Gasteiger charge is 2.22. The van der Waals surface area contributed by atoms with Crippen molar-refractivity contribution in [1.29, 1.82) is 0 Å². The van der Waals surface area contributed by atoms with Gasteiger partial charge in [-0.05, 0) is 12.1 Å². The maximum absolute atomic E-state index is 10.4. The normalized spacial score (nSPS) is 14.1. The van der Waals surface area contributed by atoms with E-state index in [9.17, 15) is 19.8 Å². The molecule has 1 aromatic heterocycles. The number of aliphatic hydroxyl groups excluding tert-OH is 2. The van der Waals surface area contributed by atoms with Crippen molar-refractivity contribution in [3.63, 3.8) is 0 Å². The van der Waals surface area contributed by atoms with Crippen molar-refractivity contribution in [2.75, 3.05) is 0 Å². The van der Waals surface area contributed by atoms with Crippen LogP contribution < -0.4 is 0 Å². The molecular formula is C10H11NO5. The average Bonchev–Trinajstić information content (AvgIpc) is 2.27. The Morgan fingerprint density at radius 1 is 1.44 bits per heavy atom. The molecule has 6 heteroatoms. The number of nitrogens with zero attached hydrogens (tertiary/aromatic N) is 1. The summed E-state index contributed by atoms with van der Waals surface area (Å²) in [5.74, 6) is -1.22. The number of carbonyl (C=O) groups is 2. The highest BCUT2D eigenvalue weighted by atomic mass is 16.4. The SMILES string of the molecule is O=Cc1cccc(C(O)C(O)CC(=O)O)n1. The van der Waals surface area contributed by atoms with E-state index in [1.54, 1.807) is 0 Å². The lowest BCUT2D eigenvalue weighted by molar-refractivity contribution is -0.141. The lowest BCUT2D eigenvalue weighted by Gasteiger charge is -2.15. The number of aromatic nitrogens is 1. The van der Waals surface area contributed by atoms with E-state index in [2.05, 4.69) is 4.98 Å². The summed E-state index contributed by atoms with van der Waals surface area (Å²) >= 11 is 0. The quantitative estimate of drug-likeness (QED) is 0.597. The molecule has 2 unspecified atom stereocenters. The van der Waals surface area contributed by atoms with Crippen LogP contribution in [0.5, 0.6) is 0 Å². The Morgan fingerprint density at radius 2 is 2.12 bits per heavy atom. The Kier molecular flexibility index (Phi) is 4.10. The molecule has 0 aliphatic rings. The third-order valence-corrected chi connectivity index (χ3v) is 1.96. The lowest BCUT2D eigenvalue weighted by atomic mass is 10.1. The van der Waals surface area contributed by atoms with E-state index in [0.29, 0.717) is 6.29 Å². The van der Waals surface area contributed by atoms with Gasteiger partial charge >= 0.3 is 5.97 Å². The van der Waals surface area contributed by atoms with Gasteiger partial charge in [-0.1, -0.05) is 6.07 Å². The maximum Gasteiger partial charge on any atom is 0.306 e. The Balaban J connectivity index is 2.82. The van der Waals surface area contributed by atoms with Crippen molar-refractivity contribution in [1.82, 2.24) is 4.98 Å². The van der Waals surface area contributed by atoms with Gasteiger partial charge in [0.1, 0.15) is 11.8 Å². The van der Waals surface area contributed by atoms with Crippen molar-refractivity contribution in [3.8, 4) is 0 Å². The first-order chi connectivity index (χ1) is 7.54. The predicted octanol–water partition coefficient (Wildman–Crippen LogP) is -0.237. The summed E-state index contributed by atoms with van der Waals surface area (Å²) in [6, 6.07) is 4.33. The van der Waals surface area contributed by atoms with E-state index >= 15 is 0 Å². The molecule has 0 radical (unpaired) electrons. The molecule has 0 bridgehead atoms. The number of rotatable bonds is 5. The summed E-state index contributed by atoms with van der Waals surface area (Å²) in [6.45, 7) is 0. The number of carboxylic acid groups (broad SMARTS) is 1. The molecule has 0 aliphatic heterocycles. The number of hydrogen-bond donors (Lipinski definition) is 3. The zero-order valence-electron chi connectivity index (χ0n) is 8.28. The molecule has 6 nitrogen and oxygen atoms in total. The first kappa shape index (κ1) is 12.3. The Hall–Kier alpha value is -1.79. The molecule has 1 aromatic rings. The van der Waals surface area contributed by atoms with Gasteiger partial charge < -0.3 is 15.3 Å². The Labute approximate surface area is 91.2 Å². The van der Waals surface area contributed by atoms with E-state index < -0.39 is 24.6 Å². The van der Waals surface area contributed by atoms with Crippen LogP contribution in [0, 0.1) is 0 Å². The van der Waals surface area contributed by atoms with Crippen LogP contribution in [0.2, 0.25) is 0 Å². The molecule has 0 amide bonds. The fourth-order valence-electron chi connectivity index (χ4n) is 1.19. The van der Waals surface area contributed by atoms with E-state index in [1.807, 2.05) is 0 Å². The number of carboxylic acids is 1. The predicted molar refractivity (Wildman–Crippen MR) is 52.8 cm³/mol. The minimum absolute atomic E-state index is 0.0679. The van der Waals surface area contributed by atoms with Gasteiger partial charge in [0.05, 0.1) is 18.2 Å². The van der Waals surface area contributed by atoms with Gasteiger partial charge in [-0.25, -0.2) is 4.98 Å². The van der Waals surface area contributed by atoms with Gasteiger partial charge in [0.2, 0.25) is 0 Å². The summed E-state index contributed by atoms with van der Waals surface area (Å²) in [4.78, 5) is 24.5. The van der Waals surface area contributed by atoms with Crippen LogP contribution in [0.25, 0.3) is 0 Å².